The van der Waals surface area contributed by atoms with Crippen molar-refractivity contribution in [2.45, 2.75) is 6.92 Å². The summed E-state index contributed by atoms with van der Waals surface area (Å²) in [4.78, 5) is 20.9. The number of anilines is 2. The molecule has 2 rings (SSSR count). The molecule has 2 heterocycles. The molecule has 0 aliphatic carbocycles. The summed E-state index contributed by atoms with van der Waals surface area (Å²) in [6, 6.07) is 1.59. The minimum atomic E-state index is -0.269. The number of nitrogens with two attached hydrogens (primary N) is 1. The highest BCUT2D eigenvalue weighted by Gasteiger charge is 2.12. The lowest BCUT2D eigenvalue weighted by Crippen LogP contribution is -2.17. The van der Waals surface area contributed by atoms with E-state index >= 15 is 0 Å². The van der Waals surface area contributed by atoms with E-state index in [4.69, 9.17) is 5.84 Å². The highest BCUT2D eigenvalue weighted by atomic mass is 32.1. The molecule has 0 spiro atoms. The van der Waals surface area contributed by atoms with Gasteiger partial charge < -0.3 is 5.43 Å². The second-order valence-corrected chi connectivity index (χ2v) is 4.53. The van der Waals surface area contributed by atoms with Crippen LogP contribution in [0.5, 0.6) is 0 Å². The van der Waals surface area contributed by atoms with Crippen molar-refractivity contribution in [1.82, 2.24) is 9.97 Å². The molecule has 0 aliphatic heterocycles. The number of hydrogen-bond donors (Lipinski definition) is 3. The summed E-state index contributed by atoms with van der Waals surface area (Å²) in [7, 11) is 0. The van der Waals surface area contributed by atoms with E-state index in [9.17, 15) is 4.79 Å². The summed E-state index contributed by atoms with van der Waals surface area (Å²) in [6.45, 7) is 1.92. The van der Waals surface area contributed by atoms with Crippen molar-refractivity contribution in [3.63, 3.8) is 0 Å². The zero-order chi connectivity index (χ0) is 12.3. The number of hydrogen-bond acceptors (Lipinski definition) is 6. The first-order valence-electron chi connectivity index (χ1n) is 4.85. The van der Waals surface area contributed by atoms with Gasteiger partial charge in [-0.15, -0.1) is 11.3 Å². The van der Waals surface area contributed by atoms with Gasteiger partial charge in [0.15, 0.2) is 5.13 Å². The van der Waals surface area contributed by atoms with Gasteiger partial charge in [-0.3, -0.25) is 20.9 Å². The minimum absolute atomic E-state index is 0.269. The quantitative estimate of drug-likeness (QED) is 0.564. The molecule has 1 amide bonds. The fourth-order valence-corrected chi connectivity index (χ4v) is 1.94. The highest BCUT2D eigenvalue weighted by Crippen LogP contribution is 2.19. The van der Waals surface area contributed by atoms with E-state index in [0.29, 0.717) is 16.4 Å². The number of amides is 1. The number of rotatable bonds is 3. The van der Waals surface area contributed by atoms with Crippen molar-refractivity contribution < 1.29 is 4.79 Å². The van der Waals surface area contributed by atoms with Crippen LogP contribution in [0.2, 0.25) is 0 Å². The van der Waals surface area contributed by atoms with Gasteiger partial charge in [0.2, 0.25) is 0 Å². The summed E-state index contributed by atoms with van der Waals surface area (Å²) >= 11 is 1.41. The lowest BCUT2D eigenvalue weighted by Gasteiger charge is -2.06. The average Bonchev–Trinajstić information content (AvgIpc) is 2.74. The molecule has 6 nitrogen and oxygen atoms in total. The third-order valence-corrected chi connectivity index (χ3v) is 2.89. The Labute approximate surface area is 102 Å². The Morgan fingerprint density at radius 3 is 2.94 bits per heavy atom. The molecule has 7 heteroatoms. The molecule has 0 atom stereocenters. The first-order chi connectivity index (χ1) is 8.20. The number of carbonyl (C=O) groups excluding carboxylic acids is 1. The number of nitrogens with one attached hydrogen (secondary N) is 2. The fraction of sp³-hybridized carbons (Fsp3) is 0.100. The topological polar surface area (TPSA) is 92.9 Å². The maximum atomic E-state index is 11.9. The van der Waals surface area contributed by atoms with Crippen LogP contribution in [0.3, 0.4) is 0 Å². The molecule has 2 aromatic rings. The molecule has 88 valence electrons. The second kappa shape index (κ2) is 4.89. The molecule has 0 unspecified atom stereocenters. The number of nitrogens with zero attached hydrogens (tertiary/aromatic N) is 2. The minimum Gasteiger partial charge on any atom is -0.322 e. The predicted octanol–water partition coefficient (Wildman–Crippen LogP) is 1.38. The summed E-state index contributed by atoms with van der Waals surface area (Å²) in [5.41, 5.74) is 3.32. The third kappa shape index (κ3) is 2.58. The Morgan fingerprint density at radius 1 is 1.47 bits per heavy atom. The van der Waals surface area contributed by atoms with Gasteiger partial charge in [0.25, 0.3) is 5.91 Å². The monoisotopic (exact) mass is 249 g/mol. The van der Waals surface area contributed by atoms with Crippen molar-refractivity contribution in [3.05, 3.63) is 35.1 Å². The van der Waals surface area contributed by atoms with Crippen LogP contribution in [0.1, 0.15) is 15.2 Å². The summed E-state index contributed by atoms with van der Waals surface area (Å²) in [5.74, 6) is 5.03. The van der Waals surface area contributed by atoms with Crippen LogP contribution in [-0.2, 0) is 0 Å². The van der Waals surface area contributed by atoms with E-state index in [1.54, 1.807) is 12.3 Å². The van der Waals surface area contributed by atoms with Gasteiger partial charge in [0.05, 0.1) is 17.4 Å². The van der Waals surface area contributed by atoms with Crippen LogP contribution in [0, 0.1) is 6.92 Å². The SMILES string of the molecule is Cc1cnc(NC(=O)c2ccncc2NN)s1. The van der Waals surface area contributed by atoms with Crippen molar-refractivity contribution in [3.8, 4) is 0 Å². The molecule has 0 aromatic carbocycles. The van der Waals surface area contributed by atoms with Crippen LogP contribution in [0.4, 0.5) is 10.8 Å². The molecule has 2 aromatic heterocycles. The lowest BCUT2D eigenvalue weighted by atomic mass is 10.2. The molecule has 0 aliphatic rings. The maximum absolute atomic E-state index is 11.9. The van der Waals surface area contributed by atoms with Gasteiger partial charge in [0.1, 0.15) is 0 Å². The Kier molecular flexibility index (Phi) is 3.31. The van der Waals surface area contributed by atoms with Gasteiger partial charge >= 0.3 is 0 Å². The van der Waals surface area contributed by atoms with Gasteiger partial charge in [0, 0.05) is 17.3 Å². The Bertz CT molecular complexity index is 539. The Morgan fingerprint density at radius 2 is 2.29 bits per heavy atom. The standard InChI is InChI=1S/C10H11N5OS/c1-6-4-13-10(17-6)14-9(16)7-2-3-12-5-8(7)15-11/h2-5,15H,11H2,1H3,(H,13,14,16). The van der Waals surface area contributed by atoms with Crippen LogP contribution < -0.4 is 16.6 Å². The molecular formula is C10H11N5OS. The number of hydrazine groups is 1. The molecule has 4 N–H and O–H groups in total. The highest BCUT2D eigenvalue weighted by molar-refractivity contribution is 7.15. The van der Waals surface area contributed by atoms with E-state index < -0.39 is 0 Å². The zero-order valence-corrected chi connectivity index (χ0v) is 9.91. The van der Waals surface area contributed by atoms with Crippen LogP contribution in [-0.4, -0.2) is 15.9 Å². The van der Waals surface area contributed by atoms with E-state index in [0.717, 1.165) is 4.88 Å². The predicted molar refractivity (Wildman–Crippen MR) is 66.9 cm³/mol. The molecule has 0 fully saturated rings. The van der Waals surface area contributed by atoms with Crippen molar-refractivity contribution in [1.29, 1.82) is 0 Å². The molecule has 17 heavy (non-hydrogen) atoms. The second-order valence-electron chi connectivity index (χ2n) is 3.30. The first kappa shape index (κ1) is 11.5. The van der Waals surface area contributed by atoms with Crippen LogP contribution in [0.15, 0.2) is 24.7 Å². The summed E-state index contributed by atoms with van der Waals surface area (Å²) < 4.78 is 0. The number of nitrogen functional groups attached to an aromatic ring is 1. The molecule has 0 saturated heterocycles. The van der Waals surface area contributed by atoms with Crippen molar-refractivity contribution in [2.75, 3.05) is 10.7 Å². The lowest BCUT2D eigenvalue weighted by molar-refractivity contribution is 0.102. The van der Waals surface area contributed by atoms with E-state index in [1.807, 2.05) is 6.92 Å². The Hall–Kier alpha value is -1.99. The molecule has 0 bridgehead atoms. The van der Waals surface area contributed by atoms with Gasteiger partial charge in [-0.1, -0.05) is 0 Å². The summed E-state index contributed by atoms with van der Waals surface area (Å²) in [5, 5.41) is 3.26. The number of aryl methyl sites for hydroxylation is 1. The van der Waals surface area contributed by atoms with Gasteiger partial charge in [-0.25, -0.2) is 4.98 Å². The Balaban J connectivity index is 2.20. The number of thiazole rings is 1. The van der Waals surface area contributed by atoms with E-state index in [2.05, 4.69) is 20.7 Å². The van der Waals surface area contributed by atoms with E-state index in [-0.39, 0.29) is 5.91 Å². The number of carbonyl (C=O) groups is 1. The average molecular weight is 249 g/mol. The third-order valence-electron chi connectivity index (χ3n) is 2.06. The first-order valence-corrected chi connectivity index (χ1v) is 5.67. The maximum Gasteiger partial charge on any atom is 0.259 e. The van der Waals surface area contributed by atoms with Crippen LogP contribution in [0.25, 0.3) is 0 Å². The van der Waals surface area contributed by atoms with Crippen molar-refractivity contribution >= 4 is 28.1 Å². The smallest absolute Gasteiger partial charge is 0.259 e. The molecular weight excluding hydrogens is 238 g/mol. The fourth-order valence-electron chi connectivity index (χ4n) is 1.28. The summed E-state index contributed by atoms with van der Waals surface area (Å²) in [6.07, 6.45) is 4.72. The van der Waals surface area contributed by atoms with Crippen LogP contribution >= 0.6 is 11.3 Å². The van der Waals surface area contributed by atoms with E-state index in [1.165, 1.54) is 23.7 Å². The molecule has 0 saturated carbocycles. The van der Waals surface area contributed by atoms with Gasteiger partial charge in [-0.05, 0) is 13.0 Å². The molecule has 0 radical (unpaired) electrons. The zero-order valence-electron chi connectivity index (χ0n) is 9.10. The normalized spacial score (nSPS) is 10.0. The van der Waals surface area contributed by atoms with Crippen molar-refractivity contribution in [2.24, 2.45) is 5.84 Å². The van der Waals surface area contributed by atoms with Gasteiger partial charge in [-0.2, -0.15) is 0 Å². The number of pyridine rings is 1. The number of aromatic nitrogens is 2. The largest absolute Gasteiger partial charge is 0.322 e.